The highest BCUT2D eigenvalue weighted by Gasteiger charge is 2.18. The van der Waals surface area contributed by atoms with Crippen LogP contribution in [0.1, 0.15) is 23.9 Å². The summed E-state index contributed by atoms with van der Waals surface area (Å²) in [6, 6.07) is 4.40. The zero-order valence-electron chi connectivity index (χ0n) is 11.9. The molecule has 0 bridgehead atoms. The van der Waals surface area contributed by atoms with Crippen LogP contribution < -0.4 is 5.73 Å². The molecule has 0 radical (unpaired) electrons. The van der Waals surface area contributed by atoms with E-state index in [1.807, 2.05) is 0 Å². The molecule has 1 aromatic carbocycles. The third-order valence-electron chi connectivity index (χ3n) is 2.86. The predicted molar refractivity (Wildman–Crippen MR) is 78.7 cm³/mol. The number of alkyl halides is 2. The fourth-order valence-corrected chi connectivity index (χ4v) is 2.06. The van der Waals surface area contributed by atoms with Crippen LogP contribution in [0.3, 0.4) is 0 Å². The van der Waals surface area contributed by atoms with E-state index in [1.54, 1.807) is 0 Å². The molecule has 9 nitrogen and oxygen atoms in total. The number of rotatable bonds is 6. The minimum Gasteiger partial charge on any atom is -0.441 e. The van der Waals surface area contributed by atoms with Crippen molar-refractivity contribution < 1.29 is 18.3 Å². The average molecular weight is 358 g/mol. The molecule has 0 fully saturated rings. The molecular formula is C12H10ClF2N7O2. The lowest BCUT2D eigenvalue weighted by molar-refractivity contribution is 0.111. The van der Waals surface area contributed by atoms with Crippen LogP contribution in [-0.2, 0) is 4.74 Å². The minimum absolute atomic E-state index is 0.200. The topological polar surface area (TPSA) is 132 Å². The van der Waals surface area contributed by atoms with Crippen LogP contribution in [0.5, 0.6) is 0 Å². The number of hydrogen-bond acceptors (Lipinski definition) is 5. The van der Waals surface area contributed by atoms with Crippen molar-refractivity contribution in [1.29, 1.82) is 0 Å². The molecular weight excluding hydrogens is 348 g/mol. The van der Waals surface area contributed by atoms with Gasteiger partial charge in [-0.1, -0.05) is 22.8 Å². The Labute approximate surface area is 138 Å². The number of benzene rings is 1. The van der Waals surface area contributed by atoms with Gasteiger partial charge in [0.15, 0.2) is 0 Å². The largest absolute Gasteiger partial charge is 0.441 e. The van der Waals surface area contributed by atoms with Gasteiger partial charge in [-0.05, 0) is 23.2 Å². The van der Waals surface area contributed by atoms with Crippen molar-refractivity contribution in [1.82, 2.24) is 14.8 Å². The lowest BCUT2D eigenvalue weighted by Gasteiger charge is -2.16. The molecule has 2 rings (SSSR count). The fraction of sp³-hybridized carbons (Fsp3) is 0.250. The molecule has 12 heteroatoms. The van der Waals surface area contributed by atoms with E-state index in [4.69, 9.17) is 27.6 Å². The molecule has 0 spiro atoms. The fourth-order valence-electron chi connectivity index (χ4n) is 1.86. The first-order valence-corrected chi connectivity index (χ1v) is 6.76. The van der Waals surface area contributed by atoms with Crippen molar-refractivity contribution in [2.45, 2.75) is 12.5 Å². The predicted octanol–water partition coefficient (Wildman–Crippen LogP) is 3.31. The Kier molecular flexibility index (Phi) is 5.51. The molecule has 0 unspecified atom stereocenters. The van der Waals surface area contributed by atoms with Crippen molar-refractivity contribution in [3.05, 3.63) is 51.4 Å². The number of primary amides is 1. The number of aromatic nitrogens is 3. The Morgan fingerprint density at radius 1 is 1.54 bits per heavy atom. The summed E-state index contributed by atoms with van der Waals surface area (Å²) in [6.07, 6.45) is -3.79. The summed E-state index contributed by atoms with van der Waals surface area (Å²) in [5.41, 5.74) is 14.0. The second-order valence-corrected chi connectivity index (χ2v) is 4.81. The highest BCUT2D eigenvalue weighted by molar-refractivity contribution is 6.32. The quantitative estimate of drug-likeness (QED) is 0.482. The van der Waals surface area contributed by atoms with Gasteiger partial charge in [0.2, 0.25) is 5.82 Å². The molecule has 1 heterocycles. The van der Waals surface area contributed by atoms with E-state index < -0.39 is 24.4 Å². The number of hydrogen-bond donors (Lipinski definition) is 1. The van der Waals surface area contributed by atoms with Crippen molar-refractivity contribution in [2.24, 2.45) is 10.8 Å². The van der Waals surface area contributed by atoms with Crippen LogP contribution in [0.4, 0.5) is 13.6 Å². The van der Waals surface area contributed by atoms with Crippen LogP contribution in [0.15, 0.2) is 29.6 Å². The highest BCUT2D eigenvalue weighted by Crippen LogP contribution is 2.27. The summed E-state index contributed by atoms with van der Waals surface area (Å²) in [6.45, 7) is -0.208. The van der Waals surface area contributed by atoms with Gasteiger partial charge in [0.25, 0.3) is 6.43 Å². The Bertz CT molecular complexity index is 787. The number of carbonyl (C=O) groups is 1. The second-order valence-electron chi connectivity index (χ2n) is 4.40. The third kappa shape index (κ3) is 4.09. The van der Waals surface area contributed by atoms with Crippen LogP contribution in [0.25, 0.3) is 16.1 Å². The second kappa shape index (κ2) is 7.57. The van der Waals surface area contributed by atoms with Crippen LogP contribution >= 0.6 is 11.6 Å². The molecule has 1 aromatic heterocycles. The SMILES string of the molecule is [N-]=[N+]=NC[C@@H](OC(N)=O)c1ccc(Cl)c(-n2cnc(C(F)F)n2)c1. The molecule has 2 aromatic rings. The van der Waals surface area contributed by atoms with Gasteiger partial charge < -0.3 is 10.5 Å². The number of halogens is 3. The monoisotopic (exact) mass is 357 g/mol. The maximum atomic E-state index is 12.6. The van der Waals surface area contributed by atoms with Gasteiger partial charge in [-0.25, -0.2) is 23.2 Å². The molecule has 0 saturated heterocycles. The summed E-state index contributed by atoms with van der Waals surface area (Å²) in [5, 5.41) is 7.16. The summed E-state index contributed by atoms with van der Waals surface area (Å²) < 4.78 is 31.1. The first-order valence-electron chi connectivity index (χ1n) is 6.39. The standard InChI is InChI=1S/C12H10ClF2N7O2/c13-7-2-1-6(9(4-19-21-17)24-12(16)23)3-8(7)22-5-18-11(20-22)10(14)15/h1-3,5,9-10H,4H2,(H2,16,23)/t9-/m1/s1. The van der Waals surface area contributed by atoms with Gasteiger partial charge in [0.1, 0.15) is 12.4 Å². The third-order valence-corrected chi connectivity index (χ3v) is 3.18. The highest BCUT2D eigenvalue weighted by atomic mass is 35.5. The summed E-state index contributed by atoms with van der Waals surface area (Å²) >= 11 is 6.04. The maximum Gasteiger partial charge on any atom is 0.405 e. The molecule has 1 atom stereocenters. The Morgan fingerprint density at radius 2 is 2.29 bits per heavy atom. The lowest BCUT2D eigenvalue weighted by Crippen LogP contribution is -2.19. The van der Waals surface area contributed by atoms with Crippen molar-refractivity contribution in [3.8, 4) is 5.69 Å². The van der Waals surface area contributed by atoms with Gasteiger partial charge in [-0.3, -0.25) is 0 Å². The molecule has 0 aliphatic rings. The van der Waals surface area contributed by atoms with Gasteiger partial charge in [0, 0.05) is 4.91 Å². The van der Waals surface area contributed by atoms with Crippen molar-refractivity contribution >= 4 is 17.7 Å². The van der Waals surface area contributed by atoms with E-state index in [-0.39, 0.29) is 17.3 Å². The van der Waals surface area contributed by atoms with Crippen molar-refractivity contribution in [3.63, 3.8) is 0 Å². The van der Waals surface area contributed by atoms with E-state index in [1.165, 1.54) is 18.2 Å². The molecule has 126 valence electrons. The van der Waals surface area contributed by atoms with Gasteiger partial charge in [-0.15, -0.1) is 5.10 Å². The van der Waals surface area contributed by atoms with Gasteiger partial charge in [0.05, 0.1) is 17.3 Å². The van der Waals surface area contributed by atoms with Crippen LogP contribution in [-0.4, -0.2) is 27.4 Å². The van der Waals surface area contributed by atoms with Crippen LogP contribution in [0, 0.1) is 0 Å². The Balaban J connectivity index is 2.41. The van der Waals surface area contributed by atoms with E-state index in [0.717, 1.165) is 11.0 Å². The smallest absolute Gasteiger partial charge is 0.405 e. The molecule has 0 aliphatic carbocycles. The van der Waals surface area contributed by atoms with E-state index in [9.17, 15) is 13.6 Å². The zero-order chi connectivity index (χ0) is 17.7. The number of amides is 1. The Hall–Kier alpha value is -2.91. The molecule has 1 amide bonds. The maximum absolute atomic E-state index is 12.6. The number of carbonyl (C=O) groups excluding carboxylic acids is 1. The molecule has 24 heavy (non-hydrogen) atoms. The van der Waals surface area contributed by atoms with E-state index in [0.29, 0.717) is 5.56 Å². The average Bonchev–Trinajstić information content (AvgIpc) is 3.01. The van der Waals surface area contributed by atoms with Crippen LogP contribution in [0.2, 0.25) is 5.02 Å². The number of ether oxygens (including phenoxy) is 1. The normalized spacial score (nSPS) is 11.8. The molecule has 0 saturated carbocycles. The first kappa shape index (κ1) is 17.4. The first-order chi connectivity index (χ1) is 11.4. The minimum atomic E-state index is -2.83. The summed E-state index contributed by atoms with van der Waals surface area (Å²) in [7, 11) is 0. The van der Waals surface area contributed by atoms with E-state index in [2.05, 4.69) is 20.1 Å². The number of azide groups is 1. The molecule has 0 aliphatic heterocycles. The van der Waals surface area contributed by atoms with Crippen molar-refractivity contribution in [2.75, 3.05) is 6.54 Å². The summed E-state index contributed by atoms with van der Waals surface area (Å²) in [4.78, 5) is 17.0. The number of nitrogens with zero attached hydrogens (tertiary/aromatic N) is 6. The zero-order valence-corrected chi connectivity index (χ0v) is 12.6. The lowest BCUT2D eigenvalue weighted by atomic mass is 10.1. The molecule has 2 N–H and O–H groups in total. The number of nitrogens with two attached hydrogens (primary N) is 1. The summed E-state index contributed by atoms with van der Waals surface area (Å²) in [5.74, 6) is -0.657. The Morgan fingerprint density at radius 3 is 2.88 bits per heavy atom. The van der Waals surface area contributed by atoms with E-state index >= 15 is 0 Å². The van der Waals surface area contributed by atoms with Gasteiger partial charge >= 0.3 is 6.09 Å². The van der Waals surface area contributed by atoms with Gasteiger partial charge in [-0.2, -0.15) is 0 Å².